The molecule has 2 rings (SSSR count). The molecule has 0 amide bonds. The molecule has 1 atom stereocenters. The largest absolute Gasteiger partial charge is 0.493 e. The molecular weight excluding hydrogens is 268 g/mol. The molecule has 0 aromatic heterocycles. The number of rotatable bonds is 6. The second-order valence-electron chi connectivity index (χ2n) is 6.12. The molecule has 0 radical (unpaired) electrons. The van der Waals surface area contributed by atoms with Crippen molar-refractivity contribution in [1.29, 1.82) is 0 Å². The molecule has 1 saturated heterocycles. The van der Waals surface area contributed by atoms with E-state index in [9.17, 15) is 5.11 Å². The average molecular weight is 294 g/mol. The number of hydrogen-bond acceptors (Lipinski definition) is 4. The Hall–Kier alpha value is -1.26. The molecule has 4 heteroatoms. The summed E-state index contributed by atoms with van der Waals surface area (Å²) in [4.78, 5) is 0. The van der Waals surface area contributed by atoms with E-state index in [0.29, 0.717) is 23.8 Å². The van der Waals surface area contributed by atoms with Crippen LogP contribution in [-0.4, -0.2) is 38.1 Å². The molecule has 1 N–H and O–H groups in total. The fourth-order valence-corrected chi connectivity index (χ4v) is 3.07. The van der Waals surface area contributed by atoms with Crippen molar-refractivity contribution in [1.82, 2.24) is 0 Å². The molecule has 0 bridgehead atoms. The summed E-state index contributed by atoms with van der Waals surface area (Å²) in [7, 11) is 3.25. The zero-order valence-corrected chi connectivity index (χ0v) is 13.2. The topological polar surface area (TPSA) is 47.9 Å². The normalized spacial score (nSPS) is 19.0. The summed E-state index contributed by atoms with van der Waals surface area (Å²) < 4.78 is 15.9. The van der Waals surface area contributed by atoms with Crippen LogP contribution in [0.25, 0.3) is 0 Å². The van der Waals surface area contributed by atoms with E-state index in [1.165, 1.54) is 0 Å². The Morgan fingerprint density at radius 2 is 1.86 bits per heavy atom. The highest BCUT2D eigenvalue weighted by Gasteiger charge is 2.27. The van der Waals surface area contributed by atoms with Gasteiger partial charge in [0, 0.05) is 19.6 Å². The summed E-state index contributed by atoms with van der Waals surface area (Å²) in [5.74, 6) is 1.97. The van der Waals surface area contributed by atoms with Crippen LogP contribution in [0.5, 0.6) is 11.5 Å². The van der Waals surface area contributed by atoms with Gasteiger partial charge in [0.25, 0.3) is 0 Å². The third kappa shape index (κ3) is 4.61. The third-order valence-corrected chi connectivity index (χ3v) is 4.10. The summed E-state index contributed by atoms with van der Waals surface area (Å²) in [5, 5.41) is 10.7. The number of ether oxygens (including phenoxy) is 3. The predicted octanol–water partition coefficient (Wildman–Crippen LogP) is 2.81. The average Bonchev–Trinajstić information content (AvgIpc) is 2.47. The summed E-state index contributed by atoms with van der Waals surface area (Å²) >= 11 is 0. The Bertz CT molecular complexity index is 450. The highest BCUT2D eigenvalue weighted by Crippen LogP contribution is 2.32. The highest BCUT2D eigenvalue weighted by atomic mass is 16.5. The highest BCUT2D eigenvalue weighted by molar-refractivity contribution is 5.43. The molecule has 1 aromatic rings. The standard InChI is InChI=1S/C17H26O4/c1-17(18,11-13-6-8-21-9-7-13)12-14-4-5-15(19-2)16(10-14)20-3/h4-5,10,13,18H,6-9,11-12H2,1-3H3. The van der Waals surface area contributed by atoms with E-state index in [-0.39, 0.29) is 0 Å². The van der Waals surface area contributed by atoms with E-state index in [4.69, 9.17) is 14.2 Å². The molecule has 4 nitrogen and oxygen atoms in total. The third-order valence-electron chi connectivity index (χ3n) is 4.10. The van der Waals surface area contributed by atoms with Crippen LogP contribution in [0, 0.1) is 5.92 Å². The van der Waals surface area contributed by atoms with Gasteiger partial charge in [-0.25, -0.2) is 0 Å². The summed E-state index contributed by atoms with van der Waals surface area (Å²) in [6.07, 6.45) is 3.51. The minimum Gasteiger partial charge on any atom is -0.493 e. The van der Waals surface area contributed by atoms with E-state index in [1.807, 2.05) is 25.1 Å². The van der Waals surface area contributed by atoms with Gasteiger partial charge >= 0.3 is 0 Å². The van der Waals surface area contributed by atoms with Crippen molar-refractivity contribution in [2.24, 2.45) is 5.92 Å². The minimum absolute atomic E-state index is 0.550. The number of methoxy groups -OCH3 is 2. The van der Waals surface area contributed by atoms with Gasteiger partial charge in [0.15, 0.2) is 11.5 Å². The molecule has 1 aromatic carbocycles. The van der Waals surface area contributed by atoms with Gasteiger partial charge in [-0.15, -0.1) is 0 Å². The maximum Gasteiger partial charge on any atom is 0.160 e. The Kier molecular flexibility index (Phi) is 5.48. The molecule has 1 aliphatic heterocycles. The van der Waals surface area contributed by atoms with Crippen LogP contribution in [0.1, 0.15) is 31.7 Å². The van der Waals surface area contributed by atoms with Gasteiger partial charge in [0.1, 0.15) is 0 Å². The zero-order valence-electron chi connectivity index (χ0n) is 13.2. The molecule has 118 valence electrons. The van der Waals surface area contributed by atoms with Gasteiger partial charge in [-0.2, -0.15) is 0 Å². The van der Waals surface area contributed by atoms with Crippen LogP contribution in [0.3, 0.4) is 0 Å². The first-order valence-corrected chi connectivity index (χ1v) is 7.55. The quantitative estimate of drug-likeness (QED) is 0.876. The zero-order chi connectivity index (χ0) is 15.3. The van der Waals surface area contributed by atoms with Crippen molar-refractivity contribution in [2.75, 3.05) is 27.4 Å². The predicted molar refractivity (Wildman–Crippen MR) is 82.0 cm³/mol. The van der Waals surface area contributed by atoms with Crippen LogP contribution in [0.2, 0.25) is 0 Å². The van der Waals surface area contributed by atoms with E-state index in [2.05, 4.69) is 0 Å². The van der Waals surface area contributed by atoms with Crippen molar-refractivity contribution in [3.63, 3.8) is 0 Å². The first kappa shape index (κ1) is 16.1. The lowest BCUT2D eigenvalue weighted by Gasteiger charge is -2.31. The van der Waals surface area contributed by atoms with E-state index in [1.54, 1.807) is 14.2 Å². The second-order valence-corrected chi connectivity index (χ2v) is 6.12. The first-order valence-electron chi connectivity index (χ1n) is 7.55. The molecular formula is C17H26O4. The van der Waals surface area contributed by atoms with Gasteiger partial charge in [-0.05, 0) is 49.8 Å². The van der Waals surface area contributed by atoms with Gasteiger partial charge in [-0.3, -0.25) is 0 Å². The smallest absolute Gasteiger partial charge is 0.160 e. The molecule has 1 heterocycles. The van der Waals surface area contributed by atoms with Crippen LogP contribution >= 0.6 is 0 Å². The van der Waals surface area contributed by atoms with Gasteiger partial charge in [0.05, 0.1) is 19.8 Å². The van der Waals surface area contributed by atoms with Crippen molar-refractivity contribution >= 4 is 0 Å². The fraction of sp³-hybridized carbons (Fsp3) is 0.647. The Morgan fingerprint density at radius 1 is 1.19 bits per heavy atom. The van der Waals surface area contributed by atoms with E-state index in [0.717, 1.165) is 38.0 Å². The lowest BCUT2D eigenvalue weighted by molar-refractivity contribution is 0.000340. The molecule has 0 spiro atoms. The number of hydrogen-bond donors (Lipinski definition) is 1. The number of aliphatic hydroxyl groups is 1. The van der Waals surface area contributed by atoms with Crippen LogP contribution in [0.15, 0.2) is 18.2 Å². The molecule has 1 aliphatic rings. The summed E-state index contributed by atoms with van der Waals surface area (Å²) in [6.45, 7) is 3.55. The SMILES string of the molecule is COc1ccc(CC(C)(O)CC2CCOCC2)cc1OC. The minimum atomic E-state index is -0.707. The Morgan fingerprint density at radius 3 is 2.48 bits per heavy atom. The monoisotopic (exact) mass is 294 g/mol. The molecule has 1 fully saturated rings. The van der Waals surface area contributed by atoms with Crippen molar-refractivity contribution < 1.29 is 19.3 Å². The maximum atomic E-state index is 10.7. The lowest BCUT2D eigenvalue weighted by atomic mass is 9.83. The first-order chi connectivity index (χ1) is 10.0. The summed E-state index contributed by atoms with van der Waals surface area (Å²) in [6, 6.07) is 5.82. The van der Waals surface area contributed by atoms with Crippen LogP contribution in [0.4, 0.5) is 0 Å². The summed E-state index contributed by atoms with van der Waals surface area (Å²) in [5.41, 5.74) is 0.353. The maximum absolute atomic E-state index is 10.7. The van der Waals surface area contributed by atoms with Crippen molar-refractivity contribution in [3.8, 4) is 11.5 Å². The Balaban J connectivity index is 2.01. The van der Waals surface area contributed by atoms with Gasteiger partial charge in [0.2, 0.25) is 0 Å². The van der Waals surface area contributed by atoms with Gasteiger partial charge < -0.3 is 19.3 Å². The Labute approximate surface area is 127 Å². The van der Waals surface area contributed by atoms with Gasteiger partial charge in [-0.1, -0.05) is 6.07 Å². The van der Waals surface area contributed by atoms with E-state index >= 15 is 0 Å². The molecule has 0 saturated carbocycles. The fourth-order valence-electron chi connectivity index (χ4n) is 3.07. The van der Waals surface area contributed by atoms with Crippen molar-refractivity contribution in [2.45, 2.75) is 38.2 Å². The van der Waals surface area contributed by atoms with E-state index < -0.39 is 5.60 Å². The van der Waals surface area contributed by atoms with Crippen molar-refractivity contribution in [3.05, 3.63) is 23.8 Å². The van der Waals surface area contributed by atoms with Crippen LogP contribution in [-0.2, 0) is 11.2 Å². The van der Waals surface area contributed by atoms with Crippen LogP contribution < -0.4 is 9.47 Å². The number of benzene rings is 1. The molecule has 0 aliphatic carbocycles. The lowest BCUT2D eigenvalue weighted by Crippen LogP contribution is -2.32. The second kappa shape index (κ2) is 7.14. The molecule has 21 heavy (non-hydrogen) atoms. The molecule has 1 unspecified atom stereocenters.